The topological polar surface area (TPSA) is 60.9 Å². The third-order valence-corrected chi connectivity index (χ3v) is 3.87. The van der Waals surface area contributed by atoms with E-state index >= 15 is 0 Å². The molecule has 1 aliphatic heterocycles. The van der Waals surface area contributed by atoms with Gasteiger partial charge in [-0.1, -0.05) is 30.3 Å². The number of carboxylic acids is 1. The van der Waals surface area contributed by atoms with Crippen LogP contribution in [-0.4, -0.2) is 46.5 Å². The van der Waals surface area contributed by atoms with Gasteiger partial charge in [-0.3, -0.25) is 4.79 Å². The zero-order valence-electron chi connectivity index (χ0n) is 12.4. The second kappa shape index (κ2) is 7.11. The van der Waals surface area contributed by atoms with E-state index in [0.29, 0.717) is 13.1 Å². The van der Waals surface area contributed by atoms with Crippen molar-refractivity contribution in [3.8, 4) is 0 Å². The van der Waals surface area contributed by atoms with Crippen LogP contribution in [0.25, 0.3) is 0 Å². The summed E-state index contributed by atoms with van der Waals surface area (Å²) in [6.45, 7) is 1.19. The van der Waals surface area contributed by atoms with Gasteiger partial charge in [0, 0.05) is 26.2 Å². The summed E-state index contributed by atoms with van der Waals surface area (Å²) in [4.78, 5) is 26.9. The number of hydrogen-bond donors (Lipinski definition) is 1. The first-order valence-corrected chi connectivity index (χ1v) is 7.35. The molecule has 1 aromatic rings. The molecule has 0 aromatic heterocycles. The second-order valence-corrected chi connectivity index (χ2v) is 5.57. The average Bonchev–Trinajstić information content (AvgIpc) is 2.47. The molecule has 2 amide bonds. The van der Waals surface area contributed by atoms with E-state index in [9.17, 15) is 9.59 Å². The fraction of sp³-hybridized carbons (Fsp3) is 0.500. The fourth-order valence-corrected chi connectivity index (χ4v) is 2.81. The number of carboxylic acid groups (broad SMARTS) is 1. The Morgan fingerprint density at radius 1 is 1.29 bits per heavy atom. The van der Waals surface area contributed by atoms with Crippen molar-refractivity contribution in [2.45, 2.75) is 38.3 Å². The second-order valence-electron chi connectivity index (χ2n) is 5.57. The predicted octanol–water partition coefficient (Wildman–Crippen LogP) is 2.57. The summed E-state index contributed by atoms with van der Waals surface area (Å²) >= 11 is 0. The molecule has 1 N–H and O–H groups in total. The lowest BCUT2D eigenvalue weighted by Crippen LogP contribution is -2.49. The third-order valence-electron chi connectivity index (χ3n) is 3.87. The first-order valence-electron chi connectivity index (χ1n) is 7.35. The molecule has 0 radical (unpaired) electrons. The summed E-state index contributed by atoms with van der Waals surface area (Å²) in [5, 5.41) is 8.99. The number of aliphatic carboxylic acids is 1. The van der Waals surface area contributed by atoms with Gasteiger partial charge in [0.05, 0.1) is 6.42 Å². The van der Waals surface area contributed by atoms with Gasteiger partial charge >= 0.3 is 12.0 Å². The molecule has 0 aliphatic carbocycles. The Labute approximate surface area is 125 Å². The number of amides is 2. The maximum Gasteiger partial charge on any atom is 0.320 e. The lowest BCUT2D eigenvalue weighted by atomic mass is 10.00. The quantitative estimate of drug-likeness (QED) is 0.927. The average molecular weight is 290 g/mol. The monoisotopic (exact) mass is 290 g/mol. The number of hydrogen-bond acceptors (Lipinski definition) is 2. The summed E-state index contributed by atoms with van der Waals surface area (Å²) in [6, 6.07) is 9.54. The smallest absolute Gasteiger partial charge is 0.320 e. The molecule has 114 valence electrons. The van der Waals surface area contributed by atoms with Crippen LogP contribution < -0.4 is 0 Å². The lowest BCUT2D eigenvalue weighted by molar-refractivity contribution is -0.138. The Kier molecular flexibility index (Phi) is 5.20. The SMILES string of the molecule is CN(Cc1ccccc1)C(=O)N1CCCCC1CC(=O)O. The van der Waals surface area contributed by atoms with Crippen LogP contribution in [0.15, 0.2) is 30.3 Å². The molecular weight excluding hydrogens is 268 g/mol. The lowest BCUT2D eigenvalue weighted by Gasteiger charge is -2.37. The number of likely N-dealkylation sites (tertiary alicyclic amines) is 1. The van der Waals surface area contributed by atoms with E-state index < -0.39 is 5.97 Å². The van der Waals surface area contributed by atoms with Crippen LogP contribution in [0.3, 0.4) is 0 Å². The minimum Gasteiger partial charge on any atom is -0.481 e. The number of urea groups is 1. The molecule has 0 bridgehead atoms. The molecule has 0 saturated carbocycles. The number of carbonyl (C=O) groups is 2. The largest absolute Gasteiger partial charge is 0.481 e. The van der Waals surface area contributed by atoms with E-state index in [1.165, 1.54) is 0 Å². The van der Waals surface area contributed by atoms with Gasteiger partial charge in [-0.2, -0.15) is 0 Å². The van der Waals surface area contributed by atoms with Gasteiger partial charge in [0.1, 0.15) is 0 Å². The van der Waals surface area contributed by atoms with E-state index in [2.05, 4.69) is 0 Å². The van der Waals surface area contributed by atoms with Crippen molar-refractivity contribution >= 4 is 12.0 Å². The minimum absolute atomic E-state index is 0.0327. The third kappa shape index (κ3) is 4.21. The molecule has 1 atom stereocenters. The van der Waals surface area contributed by atoms with E-state index in [-0.39, 0.29) is 18.5 Å². The van der Waals surface area contributed by atoms with Gasteiger partial charge < -0.3 is 14.9 Å². The molecule has 1 saturated heterocycles. The van der Waals surface area contributed by atoms with Crippen LogP contribution in [0.1, 0.15) is 31.2 Å². The standard InChI is InChI=1S/C16H22N2O3/c1-17(12-13-7-3-2-4-8-13)16(21)18-10-6-5-9-14(18)11-15(19)20/h2-4,7-8,14H,5-6,9-12H2,1H3,(H,19,20). The molecule has 1 aliphatic rings. The van der Waals surface area contributed by atoms with Crippen molar-refractivity contribution in [2.75, 3.05) is 13.6 Å². The summed E-state index contributed by atoms with van der Waals surface area (Å²) < 4.78 is 0. The Morgan fingerprint density at radius 2 is 2.00 bits per heavy atom. The number of nitrogens with zero attached hydrogens (tertiary/aromatic N) is 2. The zero-order valence-corrected chi connectivity index (χ0v) is 12.4. The first kappa shape index (κ1) is 15.4. The summed E-state index contributed by atoms with van der Waals surface area (Å²) in [7, 11) is 1.77. The Balaban J connectivity index is 2.00. The number of piperidine rings is 1. The van der Waals surface area contributed by atoms with Crippen molar-refractivity contribution < 1.29 is 14.7 Å². The first-order chi connectivity index (χ1) is 10.1. The molecule has 1 aromatic carbocycles. The van der Waals surface area contributed by atoms with Crippen LogP contribution in [0.4, 0.5) is 4.79 Å². The van der Waals surface area contributed by atoms with Crippen LogP contribution in [0.5, 0.6) is 0 Å². The van der Waals surface area contributed by atoms with E-state index in [1.54, 1.807) is 16.8 Å². The Morgan fingerprint density at radius 3 is 2.67 bits per heavy atom. The van der Waals surface area contributed by atoms with E-state index in [1.807, 2.05) is 30.3 Å². The van der Waals surface area contributed by atoms with Crippen LogP contribution in [0.2, 0.25) is 0 Å². The molecule has 1 unspecified atom stereocenters. The number of benzene rings is 1. The van der Waals surface area contributed by atoms with Crippen LogP contribution in [0, 0.1) is 0 Å². The van der Waals surface area contributed by atoms with Gasteiger partial charge in [0.15, 0.2) is 0 Å². The maximum absolute atomic E-state index is 12.6. The van der Waals surface area contributed by atoms with E-state index in [0.717, 1.165) is 24.8 Å². The highest BCUT2D eigenvalue weighted by atomic mass is 16.4. The predicted molar refractivity (Wildman–Crippen MR) is 79.9 cm³/mol. The summed E-state index contributed by atoms with van der Waals surface area (Å²) in [5.74, 6) is -0.842. The van der Waals surface area contributed by atoms with Crippen molar-refractivity contribution in [1.82, 2.24) is 9.80 Å². The highest BCUT2D eigenvalue weighted by Crippen LogP contribution is 2.21. The van der Waals surface area contributed by atoms with E-state index in [4.69, 9.17) is 5.11 Å². The fourth-order valence-electron chi connectivity index (χ4n) is 2.81. The van der Waals surface area contributed by atoms with Gasteiger partial charge in [-0.15, -0.1) is 0 Å². The van der Waals surface area contributed by atoms with Crippen molar-refractivity contribution in [1.29, 1.82) is 0 Å². The molecule has 1 fully saturated rings. The normalized spacial score (nSPS) is 18.3. The van der Waals surface area contributed by atoms with Crippen molar-refractivity contribution in [3.63, 3.8) is 0 Å². The number of carbonyl (C=O) groups excluding carboxylic acids is 1. The molecule has 5 heteroatoms. The maximum atomic E-state index is 12.6. The van der Waals surface area contributed by atoms with Gasteiger partial charge in [-0.25, -0.2) is 4.79 Å². The Hall–Kier alpha value is -2.04. The Bertz CT molecular complexity index is 490. The molecule has 2 rings (SSSR count). The van der Waals surface area contributed by atoms with Crippen molar-refractivity contribution in [3.05, 3.63) is 35.9 Å². The van der Waals surface area contributed by atoms with Crippen molar-refractivity contribution in [2.24, 2.45) is 0 Å². The summed E-state index contributed by atoms with van der Waals surface area (Å²) in [5.41, 5.74) is 1.07. The van der Waals surface area contributed by atoms with Crippen LogP contribution >= 0.6 is 0 Å². The highest BCUT2D eigenvalue weighted by molar-refractivity contribution is 5.76. The van der Waals surface area contributed by atoms with Gasteiger partial charge in [0.25, 0.3) is 0 Å². The molecular formula is C16H22N2O3. The number of rotatable bonds is 4. The minimum atomic E-state index is -0.842. The molecule has 0 spiro atoms. The van der Waals surface area contributed by atoms with Gasteiger partial charge in [0.2, 0.25) is 0 Å². The zero-order chi connectivity index (χ0) is 15.2. The highest BCUT2D eigenvalue weighted by Gasteiger charge is 2.30. The summed E-state index contributed by atoms with van der Waals surface area (Å²) in [6.07, 6.45) is 2.74. The molecule has 5 nitrogen and oxygen atoms in total. The van der Waals surface area contributed by atoms with Crippen LogP contribution in [-0.2, 0) is 11.3 Å². The molecule has 1 heterocycles. The molecule has 21 heavy (non-hydrogen) atoms. The van der Waals surface area contributed by atoms with Gasteiger partial charge in [-0.05, 0) is 24.8 Å².